The fourth-order valence-corrected chi connectivity index (χ4v) is 2.20. The van der Waals surface area contributed by atoms with Crippen LogP contribution in [-0.2, 0) is 16.0 Å². The number of hydrogen-bond donors (Lipinski definition) is 1. The van der Waals surface area contributed by atoms with Gasteiger partial charge < -0.3 is 15.2 Å². The Balaban J connectivity index is 2.32. The summed E-state index contributed by atoms with van der Waals surface area (Å²) in [7, 11) is 3.25. The molecular weight excluding hydrogens is 258 g/mol. The molecule has 1 unspecified atom stereocenters. The minimum atomic E-state index is -0.339. The van der Waals surface area contributed by atoms with Crippen molar-refractivity contribution in [3.63, 3.8) is 0 Å². The Morgan fingerprint density at radius 1 is 1.35 bits per heavy atom. The summed E-state index contributed by atoms with van der Waals surface area (Å²) >= 11 is 0. The molecule has 20 heavy (non-hydrogen) atoms. The van der Waals surface area contributed by atoms with Crippen LogP contribution in [0.5, 0.6) is 0 Å². The van der Waals surface area contributed by atoms with Gasteiger partial charge in [0, 0.05) is 26.2 Å². The first kappa shape index (κ1) is 14.5. The van der Waals surface area contributed by atoms with Crippen molar-refractivity contribution < 1.29 is 9.47 Å². The van der Waals surface area contributed by atoms with Crippen molar-refractivity contribution in [2.75, 3.05) is 26.6 Å². The lowest BCUT2D eigenvalue weighted by atomic mass is 10.2. The highest BCUT2D eigenvalue weighted by atomic mass is 16.5. The molecule has 6 heteroatoms. The van der Waals surface area contributed by atoms with E-state index >= 15 is 0 Å². The molecular formula is C14H19N3O3. The molecule has 2 rings (SSSR count). The van der Waals surface area contributed by atoms with Gasteiger partial charge in [-0.05, 0) is 18.6 Å². The second-order valence-corrected chi connectivity index (χ2v) is 4.55. The largest absolute Gasteiger partial charge is 0.383 e. The number of benzene rings is 1. The Hall–Kier alpha value is -1.92. The van der Waals surface area contributed by atoms with Gasteiger partial charge in [-0.25, -0.2) is 4.79 Å². The maximum Gasteiger partial charge on any atom is 0.349 e. The van der Waals surface area contributed by atoms with Crippen molar-refractivity contribution in [3.05, 3.63) is 34.7 Å². The van der Waals surface area contributed by atoms with E-state index in [0.717, 1.165) is 10.9 Å². The summed E-state index contributed by atoms with van der Waals surface area (Å²) in [5, 5.41) is 0.785. The van der Waals surface area contributed by atoms with Crippen molar-refractivity contribution in [2.24, 2.45) is 0 Å². The maximum atomic E-state index is 12.0. The highest BCUT2D eigenvalue weighted by Gasteiger charge is 2.11. The molecule has 0 amide bonds. The number of aromatic nitrogens is 2. The zero-order chi connectivity index (χ0) is 14.5. The van der Waals surface area contributed by atoms with Crippen molar-refractivity contribution in [2.45, 2.75) is 19.1 Å². The van der Waals surface area contributed by atoms with Crippen LogP contribution in [0.15, 0.2) is 29.1 Å². The number of methoxy groups -OCH3 is 2. The topological polar surface area (TPSA) is 79.4 Å². The molecule has 2 N–H and O–H groups in total. The van der Waals surface area contributed by atoms with Gasteiger partial charge >= 0.3 is 5.69 Å². The highest BCUT2D eigenvalue weighted by molar-refractivity contribution is 5.87. The van der Waals surface area contributed by atoms with Crippen LogP contribution < -0.4 is 11.4 Å². The van der Waals surface area contributed by atoms with Gasteiger partial charge in [0.25, 0.3) is 0 Å². The van der Waals surface area contributed by atoms with Crippen LogP contribution in [-0.4, -0.2) is 36.5 Å². The average Bonchev–Trinajstić information content (AvgIpc) is 2.45. The Labute approximate surface area is 117 Å². The molecule has 0 fully saturated rings. The number of nitrogens with zero attached hydrogens (tertiary/aromatic N) is 2. The quantitative estimate of drug-likeness (QED) is 0.853. The molecule has 1 atom stereocenters. The van der Waals surface area contributed by atoms with Crippen LogP contribution in [0.2, 0.25) is 0 Å². The van der Waals surface area contributed by atoms with Gasteiger partial charge in [0.05, 0.1) is 18.2 Å². The number of anilines is 1. The second kappa shape index (κ2) is 6.49. The number of aryl methyl sites for hydroxylation is 1. The van der Waals surface area contributed by atoms with Crippen LogP contribution >= 0.6 is 0 Å². The van der Waals surface area contributed by atoms with Crippen molar-refractivity contribution in [1.82, 2.24) is 9.55 Å². The Bertz CT molecular complexity index is 639. The van der Waals surface area contributed by atoms with Crippen LogP contribution in [0, 0.1) is 0 Å². The molecule has 0 aliphatic carbocycles. The molecule has 0 aliphatic heterocycles. The van der Waals surface area contributed by atoms with Gasteiger partial charge in [-0.15, -0.1) is 0 Å². The lowest BCUT2D eigenvalue weighted by molar-refractivity contribution is 0.0211. The standard InChI is InChI=1S/C14H19N3O3/c1-19-9-10(20-2)7-8-17-12-6-4-3-5-11(12)13(15)16-14(17)18/h3-6,10H,7-9H2,1-2H3,(H2,15,16,18). The van der Waals surface area contributed by atoms with E-state index in [4.69, 9.17) is 15.2 Å². The summed E-state index contributed by atoms with van der Waals surface area (Å²) in [4.78, 5) is 15.9. The van der Waals surface area contributed by atoms with Crippen LogP contribution in [0.4, 0.5) is 5.82 Å². The number of ether oxygens (including phenoxy) is 2. The SMILES string of the molecule is COCC(CCn1c(=O)nc(N)c2ccccc21)OC. The normalized spacial score (nSPS) is 12.7. The average molecular weight is 277 g/mol. The molecule has 1 aromatic carbocycles. The molecule has 2 aromatic rings. The monoisotopic (exact) mass is 277 g/mol. The zero-order valence-electron chi connectivity index (χ0n) is 11.7. The molecule has 108 valence electrons. The van der Waals surface area contributed by atoms with Gasteiger partial charge in [0.1, 0.15) is 5.82 Å². The number of para-hydroxylation sites is 1. The smallest absolute Gasteiger partial charge is 0.349 e. The molecule has 0 saturated carbocycles. The summed E-state index contributed by atoms with van der Waals surface area (Å²) in [6, 6.07) is 7.47. The summed E-state index contributed by atoms with van der Waals surface area (Å²) in [6.45, 7) is 1.00. The first-order valence-electron chi connectivity index (χ1n) is 6.44. The van der Waals surface area contributed by atoms with E-state index in [1.165, 1.54) is 0 Å². The van der Waals surface area contributed by atoms with Gasteiger partial charge in [-0.1, -0.05) is 12.1 Å². The van der Waals surface area contributed by atoms with E-state index in [-0.39, 0.29) is 17.6 Å². The molecule has 6 nitrogen and oxygen atoms in total. The van der Waals surface area contributed by atoms with E-state index in [2.05, 4.69) is 4.98 Å². The Kier molecular flexibility index (Phi) is 4.70. The third-order valence-corrected chi connectivity index (χ3v) is 3.28. The number of rotatable bonds is 6. The van der Waals surface area contributed by atoms with Gasteiger partial charge in [0.2, 0.25) is 0 Å². The van der Waals surface area contributed by atoms with Crippen molar-refractivity contribution in [1.29, 1.82) is 0 Å². The minimum absolute atomic E-state index is 0.0526. The fourth-order valence-electron chi connectivity index (χ4n) is 2.20. The first-order chi connectivity index (χ1) is 9.67. The number of nitrogen functional groups attached to an aromatic ring is 1. The maximum absolute atomic E-state index is 12.0. The molecule has 1 aromatic heterocycles. The number of nitrogens with two attached hydrogens (primary N) is 1. The summed E-state index contributed by atoms with van der Waals surface area (Å²) < 4.78 is 12.0. The van der Waals surface area contributed by atoms with Gasteiger partial charge in [-0.3, -0.25) is 4.57 Å². The number of hydrogen-bond acceptors (Lipinski definition) is 5. The minimum Gasteiger partial charge on any atom is -0.383 e. The van der Waals surface area contributed by atoms with Crippen molar-refractivity contribution in [3.8, 4) is 0 Å². The molecule has 0 bridgehead atoms. The van der Waals surface area contributed by atoms with E-state index in [9.17, 15) is 4.79 Å². The highest BCUT2D eigenvalue weighted by Crippen LogP contribution is 2.16. The molecule has 0 saturated heterocycles. The third-order valence-electron chi connectivity index (χ3n) is 3.28. The lowest BCUT2D eigenvalue weighted by Gasteiger charge is -2.16. The summed E-state index contributed by atoms with van der Waals surface area (Å²) in [5.74, 6) is 0.266. The second-order valence-electron chi connectivity index (χ2n) is 4.55. The predicted octanol–water partition coefficient (Wildman–Crippen LogP) is 1.03. The van der Waals surface area contributed by atoms with Crippen LogP contribution in [0.1, 0.15) is 6.42 Å². The Morgan fingerprint density at radius 2 is 2.10 bits per heavy atom. The zero-order valence-corrected chi connectivity index (χ0v) is 11.7. The van der Waals surface area contributed by atoms with Gasteiger partial charge in [0.15, 0.2) is 0 Å². The van der Waals surface area contributed by atoms with Crippen molar-refractivity contribution >= 4 is 16.7 Å². The van der Waals surface area contributed by atoms with Crippen LogP contribution in [0.3, 0.4) is 0 Å². The molecule has 0 radical (unpaired) electrons. The first-order valence-corrected chi connectivity index (χ1v) is 6.44. The third kappa shape index (κ3) is 2.97. The fraction of sp³-hybridized carbons (Fsp3) is 0.429. The molecule has 0 aliphatic rings. The van der Waals surface area contributed by atoms with E-state index in [1.807, 2.05) is 24.3 Å². The summed E-state index contributed by atoms with van der Waals surface area (Å²) in [6.07, 6.45) is 0.614. The van der Waals surface area contributed by atoms with Crippen LogP contribution in [0.25, 0.3) is 10.9 Å². The Morgan fingerprint density at radius 3 is 2.80 bits per heavy atom. The predicted molar refractivity (Wildman–Crippen MR) is 77.7 cm³/mol. The van der Waals surface area contributed by atoms with E-state index in [0.29, 0.717) is 19.6 Å². The molecule has 1 heterocycles. The summed E-state index contributed by atoms with van der Waals surface area (Å²) in [5.41, 5.74) is 6.24. The number of fused-ring (bicyclic) bond motifs is 1. The van der Waals surface area contributed by atoms with E-state index in [1.54, 1.807) is 18.8 Å². The van der Waals surface area contributed by atoms with Gasteiger partial charge in [-0.2, -0.15) is 4.98 Å². The molecule has 0 spiro atoms. The van der Waals surface area contributed by atoms with E-state index < -0.39 is 0 Å². The lowest BCUT2D eigenvalue weighted by Crippen LogP contribution is -2.28.